The van der Waals surface area contributed by atoms with Crippen LogP contribution in [0, 0.1) is 0 Å². The van der Waals surface area contributed by atoms with Gasteiger partial charge in [-0.2, -0.15) is 0 Å². The maximum atomic E-state index is 13.0. The monoisotopic (exact) mass is 322 g/mol. The van der Waals surface area contributed by atoms with Crippen molar-refractivity contribution in [2.24, 2.45) is 0 Å². The van der Waals surface area contributed by atoms with Crippen LogP contribution in [0.1, 0.15) is 28.8 Å². The standard InChI is InChI=1S/C20H22N2O2/c1-24-18-6-4-5-16(13-18)20(23)22-12-9-15-7-8-17(14-19(15)22)21-10-2-3-11-21/h4-8,13-14H,2-3,9-12H2,1H3. The summed E-state index contributed by atoms with van der Waals surface area (Å²) in [6.45, 7) is 2.97. The Kier molecular flexibility index (Phi) is 3.89. The maximum absolute atomic E-state index is 13.0. The van der Waals surface area contributed by atoms with Crippen LogP contribution in [0.2, 0.25) is 0 Å². The van der Waals surface area contributed by atoms with Crippen LogP contribution in [0.5, 0.6) is 5.75 Å². The lowest BCUT2D eigenvalue weighted by atomic mass is 10.1. The molecule has 0 saturated carbocycles. The molecule has 0 N–H and O–H groups in total. The smallest absolute Gasteiger partial charge is 0.258 e. The number of anilines is 2. The van der Waals surface area contributed by atoms with Gasteiger partial charge in [0, 0.05) is 36.6 Å². The number of carbonyl (C=O) groups excluding carboxylic acids is 1. The van der Waals surface area contributed by atoms with Crippen molar-refractivity contribution in [2.45, 2.75) is 19.3 Å². The molecule has 4 heteroatoms. The molecule has 0 aliphatic carbocycles. The summed E-state index contributed by atoms with van der Waals surface area (Å²) >= 11 is 0. The van der Waals surface area contributed by atoms with E-state index in [1.165, 1.54) is 24.1 Å². The molecule has 0 bridgehead atoms. The Bertz CT molecular complexity index is 766. The van der Waals surface area contributed by atoms with Gasteiger partial charge in [-0.15, -0.1) is 0 Å². The number of amides is 1. The molecule has 0 spiro atoms. The zero-order valence-corrected chi connectivity index (χ0v) is 14.0. The van der Waals surface area contributed by atoms with Crippen LogP contribution in [-0.2, 0) is 6.42 Å². The zero-order valence-electron chi connectivity index (χ0n) is 14.0. The van der Waals surface area contributed by atoms with Gasteiger partial charge >= 0.3 is 0 Å². The van der Waals surface area contributed by atoms with Gasteiger partial charge in [-0.25, -0.2) is 0 Å². The van der Waals surface area contributed by atoms with Gasteiger partial charge in [0.05, 0.1) is 7.11 Å². The van der Waals surface area contributed by atoms with Crippen LogP contribution in [0.4, 0.5) is 11.4 Å². The van der Waals surface area contributed by atoms with Gasteiger partial charge < -0.3 is 14.5 Å². The minimum atomic E-state index is 0.0474. The summed E-state index contributed by atoms with van der Waals surface area (Å²) in [5.41, 5.74) is 4.23. The Hall–Kier alpha value is -2.49. The topological polar surface area (TPSA) is 32.8 Å². The molecule has 2 aliphatic rings. The summed E-state index contributed by atoms with van der Waals surface area (Å²) < 4.78 is 5.25. The molecule has 2 aliphatic heterocycles. The van der Waals surface area contributed by atoms with E-state index < -0.39 is 0 Å². The number of fused-ring (bicyclic) bond motifs is 1. The van der Waals surface area contributed by atoms with Crippen LogP contribution < -0.4 is 14.5 Å². The number of hydrogen-bond donors (Lipinski definition) is 0. The Morgan fingerprint density at radius 3 is 2.67 bits per heavy atom. The van der Waals surface area contributed by atoms with E-state index >= 15 is 0 Å². The van der Waals surface area contributed by atoms with E-state index in [0.717, 1.165) is 31.7 Å². The lowest BCUT2D eigenvalue weighted by Gasteiger charge is -2.22. The molecular weight excluding hydrogens is 300 g/mol. The number of hydrogen-bond acceptors (Lipinski definition) is 3. The molecule has 2 aromatic carbocycles. The first-order chi connectivity index (χ1) is 11.8. The van der Waals surface area contributed by atoms with Crippen LogP contribution in [0.25, 0.3) is 0 Å². The van der Waals surface area contributed by atoms with Crippen molar-refractivity contribution in [3.05, 3.63) is 53.6 Å². The van der Waals surface area contributed by atoms with Crippen molar-refractivity contribution in [1.29, 1.82) is 0 Å². The van der Waals surface area contributed by atoms with Crippen molar-refractivity contribution >= 4 is 17.3 Å². The Morgan fingerprint density at radius 2 is 1.88 bits per heavy atom. The van der Waals surface area contributed by atoms with E-state index in [2.05, 4.69) is 23.1 Å². The Labute approximate surface area is 142 Å². The minimum absolute atomic E-state index is 0.0474. The molecule has 24 heavy (non-hydrogen) atoms. The first-order valence-corrected chi connectivity index (χ1v) is 8.60. The molecule has 1 amide bonds. The lowest BCUT2D eigenvalue weighted by Crippen LogP contribution is -2.29. The Balaban J connectivity index is 1.64. The lowest BCUT2D eigenvalue weighted by molar-refractivity contribution is 0.0989. The SMILES string of the molecule is COc1cccc(C(=O)N2CCc3ccc(N4CCCC4)cc32)c1. The van der Waals surface area contributed by atoms with Gasteiger partial charge in [0.25, 0.3) is 5.91 Å². The summed E-state index contributed by atoms with van der Waals surface area (Å²) in [6.07, 6.45) is 3.43. The summed E-state index contributed by atoms with van der Waals surface area (Å²) in [5, 5.41) is 0. The van der Waals surface area contributed by atoms with E-state index in [9.17, 15) is 4.79 Å². The highest BCUT2D eigenvalue weighted by Crippen LogP contribution is 2.34. The van der Waals surface area contributed by atoms with E-state index in [1.807, 2.05) is 29.2 Å². The molecule has 124 valence electrons. The van der Waals surface area contributed by atoms with E-state index in [4.69, 9.17) is 4.74 Å². The molecule has 1 fully saturated rings. The molecule has 0 atom stereocenters. The minimum Gasteiger partial charge on any atom is -0.497 e. The third-order valence-corrected chi connectivity index (χ3v) is 5.00. The summed E-state index contributed by atoms with van der Waals surface area (Å²) in [5.74, 6) is 0.761. The molecule has 0 radical (unpaired) electrons. The van der Waals surface area contributed by atoms with Crippen LogP contribution in [0.3, 0.4) is 0 Å². The summed E-state index contributed by atoms with van der Waals surface area (Å²) in [7, 11) is 1.62. The molecule has 2 heterocycles. The average molecular weight is 322 g/mol. The van der Waals surface area contributed by atoms with Gasteiger partial charge in [0.2, 0.25) is 0 Å². The fourth-order valence-electron chi connectivity index (χ4n) is 3.66. The second-order valence-electron chi connectivity index (χ2n) is 6.45. The van der Waals surface area contributed by atoms with Gasteiger partial charge in [-0.1, -0.05) is 12.1 Å². The van der Waals surface area contributed by atoms with Crippen molar-refractivity contribution in [3.8, 4) is 5.75 Å². The second-order valence-corrected chi connectivity index (χ2v) is 6.45. The number of methoxy groups -OCH3 is 1. The van der Waals surface area contributed by atoms with Crippen LogP contribution in [-0.4, -0.2) is 32.7 Å². The average Bonchev–Trinajstić information content (AvgIpc) is 3.30. The zero-order chi connectivity index (χ0) is 16.5. The fourth-order valence-corrected chi connectivity index (χ4v) is 3.66. The number of benzene rings is 2. The number of carbonyl (C=O) groups is 1. The van der Waals surface area contributed by atoms with Crippen LogP contribution >= 0.6 is 0 Å². The number of ether oxygens (including phenoxy) is 1. The second kappa shape index (κ2) is 6.19. The molecular formula is C20H22N2O2. The normalized spacial score (nSPS) is 16.4. The molecule has 0 aromatic heterocycles. The molecule has 1 saturated heterocycles. The highest BCUT2D eigenvalue weighted by atomic mass is 16.5. The Morgan fingerprint density at radius 1 is 1.04 bits per heavy atom. The highest BCUT2D eigenvalue weighted by molar-refractivity contribution is 6.07. The first kappa shape index (κ1) is 15.1. The molecule has 2 aromatic rings. The predicted molar refractivity (Wildman–Crippen MR) is 96.3 cm³/mol. The number of nitrogens with zero attached hydrogens (tertiary/aromatic N) is 2. The van der Waals surface area contributed by atoms with Crippen molar-refractivity contribution in [1.82, 2.24) is 0 Å². The predicted octanol–water partition coefficient (Wildman–Crippen LogP) is 3.50. The van der Waals surface area contributed by atoms with Crippen molar-refractivity contribution in [3.63, 3.8) is 0 Å². The molecule has 4 rings (SSSR count). The van der Waals surface area contributed by atoms with Gasteiger partial charge in [-0.05, 0) is 55.2 Å². The van der Waals surface area contributed by atoms with Gasteiger partial charge in [-0.3, -0.25) is 4.79 Å². The summed E-state index contributed by atoms with van der Waals surface area (Å²) in [6, 6.07) is 14.0. The maximum Gasteiger partial charge on any atom is 0.258 e. The van der Waals surface area contributed by atoms with Gasteiger partial charge in [0.1, 0.15) is 5.75 Å². The van der Waals surface area contributed by atoms with Crippen LogP contribution in [0.15, 0.2) is 42.5 Å². The third-order valence-electron chi connectivity index (χ3n) is 5.00. The third kappa shape index (κ3) is 2.62. The van der Waals surface area contributed by atoms with E-state index in [1.54, 1.807) is 7.11 Å². The quantitative estimate of drug-likeness (QED) is 0.867. The number of rotatable bonds is 3. The molecule has 4 nitrogen and oxygen atoms in total. The van der Waals surface area contributed by atoms with Crippen molar-refractivity contribution < 1.29 is 9.53 Å². The first-order valence-electron chi connectivity index (χ1n) is 8.60. The summed E-state index contributed by atoms with van der Waals surface area (Å²) in [4.78, 5) is 17.3. The fraction of sp³-hybridized carbons (Fsp3) is 0.350. The van der Waals surface area contributed by atoms with Gasteiger partial charge in [0.15, 0.2) is 0 Å². The van der Waals surface area contributed by atoms with E-state index in [-0.39, 0.29) is 5.91 Å². The molecule has 0 unspecified atom stereocenters. The largest absolute Gasteiger partial charge is 0.497 e. The van der Waals surface area contributed by atoms with E-state index in [0.29, 0.717) is 11.3 Å². The van der Waals surface area contributed by atoms with Crippen molar-refractivity contribution in [2.75, 3.05) is 36.5 Å². The highest BCUT2D eigenvalue weighted by Gasteiger charge is 2.27.